The molecular weight excluding hydrogens is 499 g/mol. The Kier molecular flexibility index (Phi) is 7.29. The van der Waals surface area contributed by atoms with E-state index in [0.29, 0.717) is 29.1 Å². The maximum atomic E-state index is 15.1. The normalized spacial score (nSPS) is 20.8. The van der Waals surface area contributed by atoms with Gasteiger partial charge in [0.2, 0.25) is 11.8 Å². The van der Waals surface area contributed by atoms with Crippen molar-refractivity contribution in [3.8, 4) is 0 Å². The molecular formula is C30H35FN4O4. The van der Waals surface area contributed by atoms with Crippen molar-refractivity contribution in [3.05, 3.63) is 64.5 Å². The van der Waals surface area contributed by atoms with Crippen LogP contribution in [0.3, 0.4) is 0 Å². The van der Waals surface area contributed by atoms with E-state index in [1.165, 1.54) is 6.07 Å². The molecule has 9 heteroatoms. The lowest BCUT2D eigenvalue weighted by Crippen LogP contribution is -2.54. The van der Waals surface area contributed by atoms with Crippen LogP contribution >= 0.6 is 0 Å². The van der Waals surface area contributed by atoms with Gasteiger partial charge in [-0.1, -0.05) is 39.0 Å². The molecule has 39 heavy (non-hydrogen) atoms. The number of benzene rings is 2. The SMILES string of the molecule is CC(C)(C)C1CCN(Cc2ccc(CNc3cccc4c3C(=O)N(C3CCC(=O)NC3=O)C4=O)c(F)c2)CC1. The second-order valence-electron chi connectivity index (χ2n) is 11.9. The Bertz CT molecular complexity index is 1330. The van der Waals surface area contributed by atoms with Crippen LogP contribution in [0.5, 0.6) is 0 Å². The van der Waals surface area contributed by atoms with Gasteiger partial charge in [0, 0.05) is 30.8 Å². The van der Waals surface area contributed by atoms with Crippen molar-refractivity contribution in [1.29, 1.82) is 0 Å². The highest BCUT2D eigenvalue weighted by molar-refractivity contribution is 6.25. The highest BCUT2D eigenvalue weighted by Gasteiger charge is 2.45. The third-order valence-electron chi connectivity index (χ3n) is 8.27. The first-order chi connectivity index (χ1) is 18.5. The number of nitrogens with one attached hydrogen (secondary N) is 2. The van der Waals surface area contributed by atoms with Crippen LogP contribution in [0.2, 0.25) is 0 Å². The van der Waals surface area contributed by atoms with Gasteiger partial charge in [0.05, 0.1) is 11.1 Å². The van der Waals surface area contributed by atoms with Crippen LogP contribution in [0.25, 0.3) is 0 Å². The molecule has 0 aliphatic carbocycles. The number of carbonyl (C=O) groups excluding carboxylic acids is 4. The fourth-order valence-electron chi connectivity index (χ4n) is 5.90. The molecule has 3 aliphatic rings. The summed E-state index contributed by atoms with van der Waals surface area (Å²) in [6.45, 7) is 9.73. The third kappa shape index (κ3) is 5.45. The number of hydrogen-bond acceptors (Lipinski definition) is 6. The van der Waals surface area contributed by atoms with Crippen LogP contribution in [-0.4, -0.2) is 52.6 Å². The van der Waals surface area contributed by atoms with Crippen LogP contribution in [0.1, 0.15) is 78.3 Å². The van der Waals surface area contributed by atoms with E-state index in [1.54, 1.807) is 24.3 Å². The molecule has 2 aromatic rings. The Morgan fingerprint density at radius 1 is 1.00 bits per heavy atom. The van der Waals surface area contributed by atoms with Crippen molar-refractivity contribution in [2.24, 2.45) is 11.3 Å². The number of imide groups is 2. The van der Waals surface area contributed by atoms with Crippen LogP contribution in [0, 0.1) is 17.2 Å². The zero-order chi connectivity index (χ0) is 27.9. The Morgan fingerprint density at radius 3 is 2.41 bits per heavy atom. The summed E-state index contributed by atoms with van der Waals surface area (Å²) in [5.74, 6) is -1.88. The van der Waals surface area contributed by atoms with E-state index in [2.05, 4.69) is 36.3 Å². The average molecular weight is 535 g/mol. The van der Waals surface area contributed by atoms with Crippen molar-refractivity contribution in [2.75, 3.05) is 18.4 Å². The number of likely N-dealkylation sites (tertiary alicyclic amines) is 1. The Balaban J connectivity index is 1.24. The van der Waals surface area contributed by atoms with Gasteiger partial charge in [-0.2, -0.15) is 0 Å². The first-order valence-corrected chi connectivity index (χ1v) is 13.6. The van der Waals surface area contributed by atoms with Crippen molar-refractivity contribution in [3.63, 3.8) is 0 Å². The molecule has 0 spiro atoms. The number of rotatable bonds is 6. The van der Waals surface area contributed by atoms with E-state index in [-0.39, 0.29) is 36.3 Å². The maximum absolute atomic E-state index is 15.1. The summed E-state index contributed by atoms with van der Waals surface area (Å²) in [7, 11) is 0. The standard InChI is InChI=1S/C30H35FN4O4/c1-30(2,3)20-11-13-34(14-12-20)17-18-7-8-19(22(31)15-18)16-32-23-6-4-5-21-26(23)29(39)35(28(21)38)24-9-10-25(36)33-27(24)37/h4-8,15,20,24,32H,9-14,16-17H2,1-3H3,(H,33,36,37). The number of fused-ring (bicyclic) bond motifs is 1. The third-order valence-corrected chi connectivity index (χ3v) is 8.27. The lowest BCUT2D eigenvalue weighted by Gasteiger charge is -2.38. The Labute approximate surface area is 227 Å². The molecule has 3 aliphatic heterocycles. The average Bonchev–Trinajstić information content (AvgIpc) is 3.14. The van der Waals surface area contributed by atoms with Gasteiger partial charge >= 0.3 is 0 Å². The summed E-state index contributed by atoms with van der Waals surface area (Å²) >= 11 is 0. The number of anilines is 1. The van der Waals surface area contributed by atoms with Gasteiger partial charge in [0.15, 0.2) is 0 Å². The molecule has 5 rings (SSSR count). The van der Waals surface area contributed by atoms with Gasteiger partial charge in [0.1, 0.15) is 11.9 Å². The number of amides is 4. The summed E-state index contributed by atoms with van der Waals surface area (Å²) < 4.78 is 15.1. The molecule has 0 aromatic heterocycles. The molecule has 0 radical (unpaired) electrons. The van der Waals surface area contributed by atoms with Gasteiger partial charge in [-0.05, 0) is 67.4 Å². The Hall–Kier alpha value is -3.59. The van der Waals surface area contributed by atoms with E-state index in [1.807, 2.05) is 6.07 Å². The number of halogens is 1. The van der Waals surface area contributed by atoms with E-state index in [0.717, 1.165) is 36.4 Å². The molecule has 8 nitrogen and oxygen atoms in total. The van der Waals surface area contributed by atoms with Gasteiger partial charge in [-0.15, -0.1) is 0 Å². The van der Waals surface area contributed by atoms with Gasteiger partial charge in [0.25, 0.3) is 11.8 Å². The monoisotopic (exact) mass is 534 g/mol. The summed E-state index contributed by atoms with van der Waals surface area (Å²) in [4.78, 5) is 53.4. The van der Waals surface area contributed by atoms with Crippen molar-refractivity contribution in [2.45, 2.75) is 65.6 Å². The highest BCUT2D eigenvalue weighted by Crippen LogP contribution is 2.35. The maximum Gasteiger partial charge on any atom is 0.264 e. The van der Waals surface area contributed by atoms with E-state index in [9.17, 15) is 19.2 Å². The predicted octanol–water partition coefficient (Wildman–Crippen LogP) is 4.10. The quantitative estimate of drug-likeness (QED) is 0.542. The molecule has 1 atom stereocenters. The molecule has 0 bridgehead atoms. The molecule has 2 fully saturated rings. The number of carbonyl (C=O) groups is 4. The predicted molar refractivity (Wildman–Crippen MR) is 144 cm³/mol. The smallest absolute Gasteiger partial charge is 0.264 e. The van der Waals surface area contributed by atoms with Crippen LogP contribution in [0.15, 0.2) is 36.4 Å². The second-order valence-corrected chi connectivity index (χ2v) is 11.9. The fraction of sp³-hybridized carbons (Fsp3) is 0.467. The molecule has 2 N–H and O–H groups in total. The molecule has 1 unspecified atom stereocenters. The van der Waals surface area contributed by atoms with Crippen LogP contribution in [0.4, 0.5) is 10.1 Å². The first-order valence-electron chi connectivity index (χ1n) is 13.6. The lowest BCUT2D eigenvalue weighted by atomic mass is 9.75. The Morgan fingerprint density at radius 2 is 1.74 bits per heavy atom. The van der Waals surface area contributed by atoms with Crippen molar-refractivity contribution < 1.29 is 23.6 Å². The van der Waals surface area contributed by atoms with E-state index >= 15 is 4.39 Å². The summed E-state index contributed by atoms with van der Waals surface area (Å²) in [5, 5.41) is 5.31. The topological polar surface area (TPSA) is 98.8 Å². The zero-order valence-corrected chi connectivity index (χ0v) is 22.7. The number of nitrogens with zero attached hydrogens (tertiary/aromatic N) is 2. The van der Waals surface area contributed by atoms with Crippen molar-refractivity contribution >= 4 is 29.3 Å². The van der Waals surface area contributed by atoms with Crippen molar-refractivity contribution in [1.82, 2.24) is 15.1 Å². The van der Waals surface area contributed by atoms with Gasteiger partial charge in [-0.25, -0.2) is 4.39 Å². The number of piperidine rings is 2. The molecule has 2 saturated heterocycles. The molecule has 0 saturated carbocycles. The van der Waals surface area contributed by atoms with Crippen LogP contribution in [-0.2, 0) is 22.7 Å². The largest absolute Gasteiger partial charge is 0.380 e. The highest BCUT2D eigenvalue weighted by atomic mass is 19.1. The second kappa shape index (κ2) is 10.5. The molecule has 4 amide bonds. The van der Waals surface area contributed by atoms with E-state index in [4.69, 9.17) is 0 Å². The number of hydrogen-bond donors (Lipinski definition) is 2. The molecule has 2 aromatic carbocycles. The lowest BCUT2D eigenvalue weighted by molar-refractivity contribution is -0.136. The van der Waals surface area contributed by atoms with Gasteiger partial charge in [-0.3, -0.25) is 34.3 Å². The minimum Gasteiger partial charge on any atom is -0.380 e. The molecule has 206 valence electrons. The summed E-state index contributed by atoms with van der Waals surface area (Å²) in [6.07, 6.45) is 2.44. The van der Waals surface area contributed by atoms with Gasteiger partial charge < -0.3 is 5.32 Å². The minimum absolute atomic E-state index is 0.0549. The summed E-state index contributed by atoms with van der Waals surface area (Å²) in [6, 6.07) is 9.06. The minimum atomic E-state index is -1.04. The fourth-order valence-corrected chi connectivity index (χ4v) is 5.90. The first kappa shape index (κ1) is 27.0. The summed E-state index contributed by atoms with van der Waals surface area (Å²) in [5.41, 5.74) is 2.41. The zero-order valence-electron chi connectivity index (χ0n) is 22.7. The molecule has 3 heterocycles. The van der Waals surface area contributed by atoms with E-state index < -0.39 is 29.7 Å². The van der Waals surface area contributed by atoms with Crippen LogP contribution < -0.4 is 10.6 Å².